The maximum Gasteiger partial charge on any atom is 0.416 e. The van der Waals surface area contributed by atoms with Gasteiger partial charge in [-0.15, -0.1) is 0 Å². The number of benzene rings is 3. The Balaban J connectivity index is 1.60. The van der Waals surface area contributed by atoms with Crippen molar-refractivity contribution in [1.82, 2.24) is 9.88 Å². The molecule has 2 heterocycles. The molecular formula is C26H23FN2O5S. The van der Waals surface area contributed by atoms with E-state index in [1.54, 1.807) is 30.2 Å². The van der Waals surface area contributed by atoms with Crippen molar-refractivity contribution in [3.8, 4) is 11.5 Å². The van der Waals surface area contributed by atoms with Gasteiger partial charge in [-0.2, -0.15) is 0 Å². The van der Waals surface area contributed by atoms with E-state index in [4.69, 9.17) is 9.47 Å². The molecule has 35 heavy (non-hydrogen) atoms. The average Bonchev–Trinajstić information content (AvgIpc) is 3.22. The van der Waals surface area contributed by atoms with Crippen molar-refractivity contribution < 1.29 is 27.1 Å². The first-order valence-corrected chi connectivity index (χ1v) is 12.9. The Kier molecular flexibility index (Phi) is 5.72. The number of hydrogen-bond acceptors (Lipinski definition) is 5. The van der Waals surface area contributed by atoms with Gasteiger partial charge >= 0.3 is 6.09 Å². The number of carbonyl (C=O) groups excluding carboxylic acids is 1. The molecule has 1 amide bonds. The van der Waals surface area contributed by atoms with E-state index in [0.29, 0.717) is 18.7 Å². The minimum absolute atomic E-state index is 0.241. The fourth-order valence-electron chi connectivity index (χ4n) is 4.49. The van der Waals surface area contributed by atoms with Gasteiger partial charge in [-0.1, -0.05) is 12.1 Å². The number of halogens is 1. The molecule has 7 nitrogen and oxygen atoms in total. The summed E-state index contributed by atoms with van der Waals surface area (Å²) >= 11 is 0. The van der Waals surface area contributed by atoms with Gasteiger partial charge in [-0.3, -0.25) is 4.90 Å². The van der Waals surface area contributed by atoms with Crippen molar-refractivity contribution in [2.24, 2.45) is 0 Å². The number of sulfone groups is 1. The highest BCUT2D eigenvalue weighted by atomic mass is 32.2. The van der Waals surface area contributed by atoms with Crippen LogP contribution >= 0.6 is 0 Å². The molecule has 0 saturated carbocycles. The Bertz CT molecular complexity index is 1510. The van der Waals surface area contributed by atoms with Crippen LogP contribution in [0.25, 0.3) is 10.9 Å². The van der Waals surface area contributed by atoms with Crippen LogP contribution in [0.15, 0.2) is 71.6 Å². The zero-order chi connectivity index (χ0) is 24.7. The van der Waals surface area contributed by atoms with Crippen molar-refractivity contribution in [1.29, 1.82) is 0 Å². The molecule has 1 aromatic heterocycles. The van der Waals surface area contributed by atoms with Crippen LogP contribution in [0, 0.1) is 5.82 Å². The molecule has 0 saturated heterocycles. The van der Waals surface area contributed by atoms with Crippen LogP contribution in [0.2, 0.25) is 0 Å². The Hall–Kier alpha value is -3.85. The number of rotatable bonds is 4. The maximum atomic E-state index is 13.3. The van der Waals surface area contributed by atoms with E-state index in [0.717, 1.165) is 27.7 Å². The van der Waals surface area contributed by atoms with Crippen molar-refractivity contribution in [2.75, 3.05) is 19.9 Å². The van der Waals surface area contributed by atoms with Gasteiger partial charge in [-0.25, -0.2) is 17.6 Å². The summed E-state index contributed by atoms with van der Waals surface area (Å²) in [5, 5.41) is 0.813. The summed E-state index contributed by atoms with van der Waals surface area (Å²) in [6.07, 6.45) is 1.12. The standard InChI is InChI=1S/C26H23FN2O5S/c1-33-18-7-3-16(4-8-18)25-24-21(22-15-20(35(2,31)32)11-12-23(22)28-24)13-14-29(25)26(30)34-19-9-5-17(27)6-10-19/h3-12,15,25,28H,13-14H2,1-2H3. The predicted octanol–water partition coefficient (Wildman–Crippen LogP) is 4.87. The second-order valence-electron chi connectivity index (χ2n) is 8.44. The number of hydrogen-bond donors (Lipinski definition) is 1. The lowest BCUT2D eigenvalue weighted by Crippen LogP contribution is -2.42. The molecule has 1 aliphatic rings. The summed E-state index contributed by atoms with van der Waals surface area (Å²) in [5.74, 6) is 0.500. The number of ether oxygens (including phenoxy) is 2. The molecule has 5 rings (SSSR count). The first kappa shape index (κ1) is 22.9. The molecule has 1 unspecified atom stereocenters. The molecule has 1 atom stereocenters. The normalized spacial score (nSPS) is 15.6. The van der Waals surface area contributed by atoms with Crippen molar-refractivity contribution in [3.05, 3.63) is 89.4 Å². The summed E-state index contributed by atoms with van der Waals surface area (Å²) in [6, 6.07) is 17.2. The molecule has 0 fully saturated rings. The number of carbonyl (C=O) groups is 1. The largest absolute Gasteiger partial charge is 0.497 e. The second kappa shape index (κ2) is 8.74. The number of nitrogens with zero attached hydrogens (tertiary/aromatic N) is 1. The minimum atomic E-state index is -3.37. The molecule has 0 spiro atoms. The van der Waals surface area contributed by atoms with Gasteiger partial charge in [0, 0.05) is 29.4 Å². The number of methoxy groups -OCH3 is 1. The Morgan fingerprint density at radius 3 is 2.37 bits per heavy atom. The van der Waals surface area contributed by atoms with E-state index in [-0.39, 0.29) is 10.6 Å². The summed E-state index contributed by atoms with van der Waals surface area (Å²) in [6.45, 7) is 0.347. The quantitative estimate of drug-likeness (QED) is 0.438. The van der Waals surface area contributed by atoms with Crippen molar-refractivity contribution >= 4 is 26.8 Å². The number of aromatic nitrogens is 1. The molecule has 0 bridgehead atoms. The van der Waals surface area contributed by atoms with Crippen molar-refractivity contribution in [3.63, 3.8) is 0 Å². The second-order valence-corrected chi connectivity index (χ2v) is 10.5. The SMILES string of the molecule is COc1ccc(C2c3[nH]c4ccc(S(C)(=O)=O)cc4c3CCN2C(=O)Oc2ccc(F)cc2)cc1. The van der Waals surface area contributed by atoms with Gasteiger partial charge in [0.25, 0.3) is 0 Å². The summed E-state index contributed by atoms with van der Waals surface area (Å²) < 4.78 is 48.4. The monoisotopic (exact) mass is 494 g/mol. The molecule has 0 aliphatic carbocycles. The Morgan fingerprint density at radius 2 is 1.71 bits per heavy atom. The third kappa shape index (κ3) is 4.35. The van der Waals surface area contributed by atoms with Gasteiger partial charge in [0.1, 0.15) is 23.4 Å². The maximum absolute atomic E-state index is 13.3. The molecule has 1 N–H and O–H groups in total. The summed E-state index contributed by atoms with van der Waals surface area (Å²) in [4.78, 5) is 18.5. The van der Waals surface area contributed by atoms with Crippen LogP contribution in [0.4, 0.5) is 9.18 Å². The van der Waals surface area contributed by atoms with Gasteiger partial charge in [0.15, 0.2) is 9.84 Å². The number of fused-ring (bicyclic) bond motifs is 3. The Morgan fingerprint density at radius 1 is 1.03 bits per heavy atom. The van der Waals surface area contributed by atoms with E-state index in [2.05, 4.69) is 4.98 Å². The number of aromatic amines is 1. The molecule has 1 aliphatic heterocycles. The molecule has 9 heteroatoms. The summed E-state index contributed by atoms with van der Waals surface area (Å²) in [5.41, 5.74) is 3.36. The van der Waals surface area contributed by atoms with E-state index in [9.17, 15) is 17.6 Å². The average molecular weight is 495 g/mol. The third-order valence-electron chi connectivity index (χ3n) is 6.21. The number of nitrogens with one attached hydrogen (secondary N) is 1. The predicted molar refractivity (Wildman–Crippen MR) is 129 cm³/mol. The molecule has 4 aromatic rings. The van der Waals surface area contributed by atoms with Crippen LogP contribution in [0.5, 0.6) is 11.5 Å². The molecular weight excluding hydrogens is 471 g/mol. The highest BCUT2D eigenvalue weighted by Gasteiger charge is 2.36. The highest BCUT2D eigenvalue weighted by molar-refractivity contribution is 7.90. The van der Waals surface area contributed by atoms with Gasteiger partial charge in [0.05, 0.1) is 12.0 Å². The fourth-order valence-corrected chi connectivity index (χ4v) is 5.14. The van der Waals surface area contributed by atoms with E-state index in [1.807, 2.05) is 24.3 Å². The molecule has 180 valence electrons. The lowest BCUT2D eigenvalue weighted by Gasteiger charge is -2.35. The minimum Gasteiger partial charge on any atom is -0.497 e. The smallest absolute Gasteiger partial charge is 0.416 e. The zero-order valence-electron chi connectivity index (χ0n) is 19.1. The number of H-pyrrole nitrogens is 1. The van der Waals surface area contributed by atoms with E-state index in [1.165, 1.54) is 30.5 Å². The number of amides is 1. The first-order valence-electron chi connectivity index (χ1n) is 11.0. The van der Waals surface area contributed by atoms with Gasteiger partial charge in [0.2, 0.25) is 0 Å². The summed E-state index contributed by atoms with van der Waals surface area (Å²) in [7, 11) is -1.79. The van der Waals surface area contributed by atoms with Crippen LogP contribution in [-0.2, 0) is 16.3 Å². The van der Waals surface area contributed by atoms with E-state index < -0.39 is 27.8 Å². The van der Waals surface area contributed by atoms with Crippen LogP contribution < -0.4 is 9.47 Å². The lowest BCUT2D eigenvalue weighted by molar-refractivity contribution is 0.135. The topological polar surface area (TPSA) is 88.7 Å². The van der Waals surface area contributed by atoms with E-state index >= 15 is 0 Å². The fraction of sp³-hybridized carbons (Fsp3) is 0.192. The zero-order valence-corrected chi connectivity index (χ0v) is 19.9. The lowest BCUT2D eigenvalue weighted by atomic mass is 9.92. The molecule has 3 aromatic carbocycles. The Labute approximate surface area is 202 Å². The highest BCUT2D eigenvalue weighted by Crippen LogP contribution is 2.39. The molecule has 0 radical (unpaired) electrons. The van der Waals surface area contributed by atoms with Gasteiger partial charge < -0.3 is 14.5 Å². The van der Waals surface area contributed by atoms with Gasteiger partial charge in [-0.05, 0) is 72.1 Å². The third-order valence-corrected chi connectivity index (χ3v) is 7.32. The van der Waals surface area contributed by atoms with Crippen molar-refractivity contribution in [2.45, 2.75) is 17.4 Å². The van der Waals surface area contributed by atoms with Crippen LogP contribution in [-0.4, -0.2) is 44.3 Å². The first-order chi connectivity index (χ1) is 16.7. The van der Waals surface area contributed by atoms with Crippen LogP contribution in [0.3, 0.4) is 0 Å². The van der Waals surface area contributed by atoms with Crippen LogP contribution in [0.1, 0.15) is 22.9 Å².